The van der Waals surface area contributed by atoms with Gasteiger partial charge in [0.2, 0.25) is 0 Å². The van der Waals surface area contributed by atoms with Crippen molar-refractivity contribution in [2.75, 3.05) is 0 Å². The Balaban J connectivity index is 1.75. The average Bonchev–Trinajstić information content (AvgIpc) is 2.67. The number of benzene rings is 2. The smallest absolute Gasteiger partial charge is 0.132 e. The maximum Gasteiger partial charge on any atom is 0.132 e. The van der Waals surface area contributed by atoms with Crippen LogP contribution in [0.4, 0.5) is 4.39 Å². The lowest BCUT2D eigenvalue weighted by atomic mass is 9.88. The molecule has 0 N–H and O–H groups in total. The van der Waals surface area contributed by atoms with Gasteiger partial charge in [-0.05, 0) is 60.6 Å². The van der Waals surface area contributed by atoms with Gasteiger partial charge in [-0.3, -0.25) is 0 Å². The van der Waals surface area contributed by atoms with Crippen molar-refractivity contribution in [1.82, 2.24) is 0 Å². The quantitative estimate of drug-likeness (QED) is 0.634. The SMILES string of the molecule is CCC1CC=C(C#Cc2ccc(-c3ccc(C#N)cc3F)cc2)CC1. The van der Waals surface area contributed by atoms with Gasteiger partial charge in [0.15, 0.2) is 0 Å². The van der Waals surface area contributed by atoms with E-state index in [-0.39, 0.29) is 5.82 Å². The van der Waals surface area contributed by atoms with E-state index in [1.54, 1.807) is 12.1 Å². The molecule has 0 aliphatic heterocycles. The van der Waals surface area contributed by atoms with E-state index >= 15 is 0 Å². The number of rotatable bonds is 2. The molecule has 1 unspecified atom stereocenters. The number of nitriles is 1. The van der Waals surface area contributed by atoms with Crippen LogP contribution in [0.1, 0.15) is 43.7 Å². The number of allylic oxidation sites excluding steroid dienone is 2. The lowest BCUT2D eigenvalue weighted by Gasteiger charge is -2.17. The molecule has 1 aliphatic rings. The van der Waals surface area contributed by atoms with Crippen molar-refractivity contribution in [3.8, 4) is 29.0 Å². The summed E-state index contributed by atoms with van der Waals surface area (Å²) in [5.74, 6) is 6.91. The second-order valence-corrected chi connectivity index (χ2v) is 6.41. The molecule has 1 aliphatic carbocycles. The van der Waals surface area contributed by atoms with E-state index in [1.165, 1.54) is 24.5 Å². The zero-order valence-corrected chi connectivity index (χ0v) is 14.3. The van der Waals surface area contributed by atoms with Gasteiger partial charge >= 0.3 is 0 Å². The van der Waals surface area contributed by atoms with Gasteiger partial charge in [0.1, 0.15) is 5.82 Å². The molecule has 0 spiro atoms. The summed E-state index contributed by atoms with van der Waals surface area (Å²) in [6.07, 6.45) is 6.95. The molecule has 0 fully saturated rings. The van der Waals surface area contributed by atoms with Crippen LogP contribution in [0.3, 0.4) is 0 Å². The molecule has 3 rings (SSSR count). The highest BCUT2D eigenvalue weighted by atomic mass is 19.1. The number of halogens is 1. The minimum absolute atomic E-state index is 0.329. The van der Waals surface area contributed by atoms with Crippen LogP contribution in [0.25, 0.3) is 11.1 Å². The fourth-order valence-electron chi connectivity index (χ4n) is 3.08. The molecule has 1 atom stereocenters. The summed E-state index contributed by atoms with van der Waals surface area (Å²) in [6.45, 7) is 2.24. The fraction of sp³-hybridized carbons (Fsp3) is 0.261. The Kier molecular flexibility index (Phi) is 5.32. The first kappa shape index (κ1) is 17.0. The highest BCUT2D eigenvalue weighted by Gasteiger charge is 2.11. The Labute approximate surface area is 148 Å². The highest BCUT2D eigenvalue weighted by Crippen LogP contribution is 2.26. The van der Waals surface area contributed by atoms with Crippen molar-refractivity contribution < 1.29 is 4.39 Å². The summed E-state index contributed by atoms with van der Waals surface area (Å²) in [5.41, 5.74) is 3.77. The Morgan fingerprint density at radius 2 is 1.84 bits per heavy atom. The normalized spacial score (nSPS) is 16.4. The van der Waals surface area contributed by atoms with Gasteiger partial charge in [0, 0.05) is 11.1 Å². The summed E-state index contributed by atoms with van der Waals surface area (Å²) in [6, 6.07) is 14.1. The Bertz CT molecular complexity index is 888. The number of nitrogens with zero attached hydrogens (tertiary/aromatic N) is 1. The van der Waals surface area contributed by atoms with Gasteiger partial charge in [-0.1, -0.05) is 49.5 Å². The molecule has 0 saturated heterocycles. The summed E-state index contributed by atoms with van der Waals surface area (Å²) < 4.78 is 14.1. The number of hydrogen-bond donors (Lipinski definition) is 0. The van der Waals surface area contributed by atoms with Gasteiger partial charge in [-0.2, -0.15) is 5.26 Å². The molecular weight excluding hydrogens is 309 g/mol. The lowest BCUT2D eigenvalue weighted by molar-refractivity contribution is 0.460. The maximum atomic E-state index is 14.1. The topological polar surface area (TPSA) is 23.8 Å². The summed E-state index contributed by atoms with van der Waals surface area (Å²) >= 11 is 0. The van der Waals surface area contributed by atoms with Crippen LogP contribution in [0.5, 0.6) is 0 Å². The summed E-state index contributed by atoms with van der Waals surface area (Å²) in [7, 11) is 0. The van der Waals surface area contributed by atoms with Crippen LogP contribution in [-0.2, 0) is 0 Å². The van der Waals surface area contributed by atoms with Crippen molar-refractivity contribution in [3.05, 3.63) is 71.1 Å². The van der Waals surface area contributed by atoms with Crippen LogP contribution >= 0.6 is 0 Å². The van der Waals surface area contributed by atoms with Crippen molar-refractivity contribution in [2.24, 2.45) is 5.92 Å². The first-order chi connectivity index (χ1) is 12.2. The third-order valence-corrected chi connectivity index (χ3v) is 4.76. The second-order valence-electron chi connectivity index (χ2n) is 6.41. The van der Waals surface area contributed by atoms with E-state index in [2.05, 4.69) is 24.8 Å². The van der Waals surface area contributed by atoms with E-state index in [9.17, 15) is 4.39 Å². The predicted molar refractivity (Wildman–Crippen MR) is 99.1 cm³/mol. The molecule has 2 aromatic rings. The largest absolute Gasteiger partial charge is 0.206 e. The van der Waals surface area contributed by atoms with E-state index < -0.39 is 0 Å². The van der Waals surface area contributed by atoms with Crippen molar-refractivity contribution in [3.63, 3.8) is 0 Å². The molecule has 0 bridgehead atoms. The predicted octanol–water partition coefficient (Wildman–Crippen LogP) is 5.85. The minimum atomic E-state index is -0.379. The molecule has 124 valence electrons. The third-order valence-electron chi connectivity index (χ3n) is 4.76. The van der Waals surface area contributed by atoms with E-state index in [0.29, 0.717) is 11.1 Å². The van der Waals surface area contributed by atoms with E-state index in [1.807, 2.05) is 30.3 Å². The first-order valence-electron chi connectivity index (χ1n) is 8.70. The second kappa shape index (κ2) is 7.82. The summed E-state index contributed by atoms with van der Waals surface area (Å²) in [5, 5.41) is 8.82. The lowest BCUT2D eigenvalue weighted by Crippen LogP contribution is -2.03. The monoisotopic (exact) mass is 329 g/mol. The Morgan fingerprint density at radius 1 is 1.08 bits per heavy atom. The maximum absolute atomic E-state index is 14.1. The summed E-state index contributed by atoms with van der Waals surface area (Å²) in [4.78, 5) is 0. The molecule has 0 amide bonds. The standard InChI is InChI=1S/C23H20FN/c1-2-17-3-5-18(6-4-17)7-8-19-9-12-21(13-10-19)22-14-11-20(16-25)15-23(22)24/h5,9-15,17H,2-4,6H2,1H3. The molecule has 0 heterocycles. The molecule has 25 heavy (non-hydrogen) atoms. The Hall–Kier alpha value is -2.84. The molecule has 0 saturated carbocycles. The molecule has 2 aromatic carbocycles. The number of hydrogen-bond acceptors (Lipinski definition) is 1. The molecule has 2 heteroatoms. The van der Waals surface area contributed by atoms with Crippen LogP contribution < -0.4 is 0 Å². The zero-order chi connectivity index (χ0) is 17.6. The third kappa shape index (κ3) is 4.17. The molecule has 0 aromatic heterocycles. The van der Waals surface area contributed by atoms with Crippen molar-refractivity contribution in [1.29, 1.82) is 5.26 Å². The Morgan fingerprint density at radius 3 is 2.44 bits per heavy atom. The zero-order valence-electron chi connectivity index (χ0n) is 14.3. The van der Waals surface area contributed by atoms with Gasteiger partial charge in [-0.15, -0.1) is 0 Å². The van der Waals surface area contributed by atoms with Gasteiger partial charge in [-0.25, -0.2) is 4.39 Å². The molecular formula is C23H20FN. The molecule has 0 radical (unpaired) electrons. The van der Waals surface area contributed by atoms with Crippen LogP contribution in [0.15, 0.2) is 54.1 Å². The average molecular weight is 329 g/mol. The molecule has 1 nitrogen and oxygen atoms in total. The minimum Gasteiger partial charge on any atom is -0.206 e. The van der Waals surface area contributed by atoms with Crippen molar-refractivity contribution in [2.45, 2.75) is 32.6 Å². The van der Waals surface area contributed by atoms with Crippen LogP contribution in [0, 0.1) is 34.9 Å². The van der Waals surface area contributed by atoms with Gasteiger partial charge in [0.25, 0.3) is 0 Å². The van der Waals surface area contributed by atoms with Crippen LogP contribution in [0.2, 0.25) is 0 Å². The van der Waals surface area contributed by atoms with Crippen molar-refractivity contribution >= 4 is 0 Å². The van der Waals surface area contributed by atoms with E-state index in [4.69, 9.17) is 5.26 Å². The van der Waals surface area contributed by atoms with E-state index in [0.717, 1.165) is 29.9 Å². The van der Waals surface area contributed by atoms with Gasteiger partial charge < -0.3 is 0 Å². The van der Waals surface area contributed by atoms with Gasteiger partial charge in [0.05, 0.1) is 11.6 Å². The van der Waals surface area contributed by atoms with Crippen LogP contribution in [-0.4, -0.2) is 0 Å². The first-order valence-corrected chi connectivity index (χ1v) is 8.70. The fourth-order valence-corrected chi connectivity index (χ4v) is 3.08. The highest BCUT2D eigenvalue weighted by molar-refractivity contribution is 5.66.